The number of pyridine rings is 2. The first-order valence-electron chi connectivity index (χ1n) is 13.7. The maximum Gasteiger partial charge on any atom is 0.212 e. The largest absolute Gasteiger partial charge is 0.294 e. The van der Waals surface area contributed by atoms with Crippen LogP contribution < -0.4 is 4.57 Å². The summed E-state index contributed by atoms with van der Waals surface area (Å²) in [5.74, 6) is 0.925. The second-order valence-electron chi connectivity index (χ2n) is 10.5. The Morgan fingerprint density at radius 1 is 0.575 bits per heavy atom. The van der Waals surface area contributed by atoms with Crippen LogP contribution in [0.5, 0.6) is 0 Å². The molecule has 0 radical (unpaired) electrons. The van der Waals surface area contributed by atoms with Crippen molar-refractivity contribution >= 4 is 21.8 Å². The molecule has 3 aromatic heterocycles. The number of nitrogens with zero attached hydrogens (tertiary/aromatic N) is 3. The standard InChI is InChI=1S/C37H30N3/c1-25-21-30(27-11-5-4-6-12-27)22-26(2)37(25)29-18-20-39(3)34(24-29)28-16-17-32-31-13-7-8-14-33(31)40(35(32)23-28)36-15-9-10-19-38-36/h4-24H,1-3H3/q+1. The molecule has 0 fully saturated rings. The molecule has 0 saturated heterocycles. The van der Waals surface area contributed by atoms with E-state index in [9.17, 15) is 0 Å². The highest BCUT2D eigenvalue weighted by Crippen LogP contribution is 2.36. The second-order valence-corrected chi connectivity index (χ2v) is 10.5. The summed E-state index contributed by atoms with van der Waals surface area (Å²) < 4.78 is 4.48. The molecule has 3 heteroatoms. The number of para-hydroxylation sites is 1. The van der Waals surface area contributed by atoms with Gasteiger partial charge in [-0.3, -0.25) is 4.57 Å². The number of benzene rings is 4. The van der Waals surface area contributed by atoms with Gasteiger partial charge in [-0.15, -0.1) is 0 Å². The molecule has 0 spiro atoms. The van der Waals surface area contributed by atoms with Crippen LogP contribution in [0.4, 0.5) is 0 Å². The summed E-state index contributed by atoms with van der Waals surface area (Å²) in [6.07, 6.45) is 4.03. The van der Waals surface area contributed by atoms with E-state index in [0.29, 0.717) is 0 Å². The van der Waals surface area contributed by atoms with E-state index in [2.05, 4.69) is 139 Å². The molecule has 0 amide bonds. The van der Waals surface area contributed by atoms with Crippen molar-refractivity contribution in [3.05, 3.63) is 139 Å². The van der Waals surface area contributed by atoms with Crippen LogP contribution in [0.25, 0.3) is 61.1 Å². The molecule has 4 aromatic carbocycles. The Balaban J connectivity index is 1.39. The van der Waals surface area contributed by atoms with Crippen molar-refractivity contribution in [2.75, 3.05) is 0 Å². The number of aromatic nitrogens is 3. The predicted octanol–water partition coefficient (Wildman–Crippen LogP) is 8.62. The lowest BCUT2D eigenvalue weighted by Crippen LogP contribution is -2.30. The van der Waals surface area contributed by atoms with Crippen molar-refractivity contribution in [3.63, 3.8) is 0 Å². The summed E-state index contributed by atoms with van der Waals surface area (Å²) in [4.78, 5) is 4.70. The first kappa shape index (κ1) is 24.1. The quantitative estimate of drug-likeness (QED) is 0.215. The van der Waals surface area contributed by atoms with Crippen molar-refractivity contribution in [1.82, 2.24) is 9.55 Å². The average molecular weight is 517 g/mol. The van der Waals surface area contributed by atoms with Crippen molar-refractivity contribution < 1.29 is 4.57 Å². The third-order valence-electron chi connectivity index (χ3n) is 7.93. The average Bonchev–Trinajstić information content (AvgIpc) is 3.32. The molecule has 40 heavy (non-hydrogen) atoms. The summed E-state index contributed by atoms with van der Waals surface area (Å²) >= 11 is 0. The van der Waals surface area contributed by atoms with Gasteiger partial charge in [0.2, 0.25) is 5.69 Å². The van der Waals surface area contributed by atoms with Gasteiger partial charge in [0.15, 0.2) is 6.20 Å². The summed E-state index contributed by atoms with van der Waals surface area (Å²) in [5, 5.41) is 2.46. The third kappa shape index (κ3) is 3.99. The summed E-state index contributed by atoms with van der Waals surface area (Å²) in [7, 11) is 2.12. The highest BCUT2D eigenvalue weighted by atomic mass is 15.1. The summed E-state index contributed by atoms with van der Waals surface area (Å²) in [5.41, 5.74) is 12.3. The van der Waals surface area contributed by atoms with Crippen LogP contribution in [0.15, 0.2) is 128 Å². The van der Waals surface area contributed by atoms with Crippen LogP contribution in [0.2, 0.25) is 0 Å². The third-order valence-corrected chi connectivity index (χ3v) is 7.93. The van der Waals surface area contributed by atoms with Crippen LogP contribution in [0.1, 0.15) is 11.1 Å². The Morgan fingerprint density at radius 3 is 2.08 bits per heavy atom. The van der Waals surface area contributed by atoms with Crippen molar-refractivity contribution in [2.24, 2.45) is 7.05 Å². The van der Waals surface area contributed by atoms with Gasteiger partial charge < -0.3 is 0 Å². The molecule has 7 rings (SSSR count). The van der Waals surface area contributed by atoms with E-state index in [0.717, 1.165) is 16.9 Å². The number of hydrogen-bond acceptors (Lipinski definition) is 1. The number of hydrogen-bond donors (Lipinski definition) is 0. The van der Waals surface area contributed by atoms with Crippen LogP contribution in [-0.2, 0) is 7.05 Å². The van der Waals surface area contributed by atoms with Crippen LogP contribution in [-0.4, -0.2) is 9.55 Å². The molecule has 0 aliphatic heterocycles. The SMILES string of the molecule is Cc1cc(-c2ccccc2)cc(C)c1-c1cc[n+](C)c(-c2ccc3c4ccccc4n(-c4ccccn4)c3c2)c1. The molecule has 192 valence electrons. The zero-order chi connectivity index (χ0) is 27.2. The molecule has 0 N–H and O–H groups in total. The molecular formula is C37H30N3+. The zero-order valence-electron chi connectivity index (χ0n) is 23.0. The van der Waals surface area contributed by atoms with Crippen LogP contribution >= 0.6 is 0 Å². The van der Waals surface area contributed by atoms with Crippen LogP contribution in [0.3, 0.4) is 0 Å². The molecule has 3 heterocycles. The fraction of sp³-hybridized carbons (Fsp3) is 0.0811. The van der Waals surface area contributed by atoms with Gasteiger partial charge in [0.25, 0.3) is 0 Å². The Bertz CT molecular complexity index is 2000. The normalized spacial score (nSPS) is 11.4. The monoisotopic (exact) mass is 516 g/mol. The predicted molar refractivity (Wildman–Crippen MR) is 166 cm³/mol. The zero-order valence-corrected chi connectivity index (χ0v) is 23.0. The summed E-state index contributed by atoms with van der Waals surface area (Å²) in [6.45, 7) is 4.44. The molecule has 0 saturated carbocycles. The van der Waals surface area contributed by atoms with Gasteiger partial charge in [-0.05, 0) is 77.6 Å². The van der Waals surface area contributed by atoms with E-state index in [4.69, 9.17) is 4.98 Å². The van der Waals surface area contributed by atoms with Gasteiger partial charge >= 0.3 is 0 Å². The maximum atomic E-state index is 4.70. The van der Waals surface area contributed by atoms with E-state index in [1.165, 1.54) is 55.4 Å². The van der Waals surface area contributed by atoms with Gasteiger partial charge in [0.1, 0.15) is 12.9 Å². The van der Waals surface area contributed by atoms with Gasteiger partial charge in [0, 0.05) is 34.7 Å². The molecule has 7 aromatic rings. The van der Waals surface area contributed by atoms with Crippen LogP contribution in [0, 0.1) is 13.8 Å². The Labute approximate surface area is 234 Å². The van der Waals surface area contributed by atoms with E-state index in [1.54, 1.807) is 0 Å². The fourth-order valence-electron chi connectivity index (χ4n) is 6.09. The Morgan fingerprint density at radius 2 is 1.30 bits per heavy atom. The lowest BCUT2D eigenvalue weighted by Gasteiger charge is -2.14. The summed E-state index contributed by atoms with van der Waals surface area (Å²) in [6, 6.07) is 41.2. The van der Waals surface area contributed by atoms with Crippen molar-refractivity contribution in [3.8, 4) is 39.3 Å². The second kappa shape index (κ2) is 9.62. The van der Waals surface area contributed by atoms with Gasteiger partial charge in [-0.25, -0.2) is 9.55 Å². The minimum Gasteiger partial charge on any atom is -0.294 e. The van der Waals surface area contributed by atoms with Gasteiger partial charge in [0.05, 0.1) is 11.0 Å². The van der Waals surface area contributed by atoms with E-state index >= 15 is 0 Å². The molecule has 0 bridgehead atoms. The maximum absolute atomic E-state index is 4.70. The lowest BCUT2D eigenvalue weighted by molar-refractivity contribution is -0.660. The highest BCUT2D eigenvalue weighted by molar-refractivity contribution is 6.10. The first-order chi connectivity index (χ1) is 19.6. The minimum atomic E-state index is 0.925. The van der Waals surface area contributed by atoms with Gasteiger partial charge in [-0.2, -0.15) is 0 Å². The highest BCUT2D eigenvalue weighted by Gasteiger charge is 2.18. The molecular weight excluding hydrogens is 486 g/mol. The molecule has 3 nitrogen and oxygen atoms in total. The number of rotatable bonds is 4. The van der Waals surface area contributed by atoms with E-state index in [1.807, 2.05) is 18.3 Å². The molecule has 0 unspecified atom stereocenters. The first-order valence-corrected chi connectivity index (χ1v) is 13.7. The molecule has 0 aliphatic carbocycles. The van der Waals surface area contributed by atoms with Gasteiger partial charge in [-0.1, -0.05) is 72.8 Å². The fourth-order valence-corrected chi connectivity index (χ4v) is 6.09. The molecule has 0 aliphatic rings. The van der Waals surface area contributed by atoms with E-state index in [-0.39, 0.29) is 0 Å². The Hall–Kier alpha value is -5.02. The molecule has 0 atom stereocenters. The minimum absolute atomic E-state index is 0.925. The lowest BCUT2D eigenvalue weighted by atomic mass is 9.91. The smallest absolute Gasteiger partial charge is 0.212 e. The topological polar surface area (TPSA) is 21.7 Å². The number of aryl methyl sites for hydroxylation is 3. The Kier molecular flexibility index (Phi) is 5.78. The van der Waals surface area contributed by atoms with Crippen molar-refractivity contribution in [1.29, 1.82) is 0 Å². The van der Waals surface area contributed by atoms with E-state index < -0.39 is 0 Å². The van der Waals surface area contributed by atoms with Crippen molar-refractivity contribution in [2.45, 2.75) is 13.8 Å². The number of fused-ring (bicyclic) bond motifs is 3.